The van der Waals surface area contributed by atoms with Gasteiger partial charge in [-0.2, -0.15) is 0 Å². The van der Waals surface area contributed by atoms with Crippen LogP contribution in [0.15, 0.2) is 0 Å². The second-order valence-electron chi connectivity index (χ2n) is 5.14. The van der Waals surface area contributed by atoms with Crippen molar-refractivity contribution >= 4 is 0 Å². The summed E-state index contributed by atoms with van der Waals surface area (Å²) in [5, 5.41) is 0. The monoisotopic (exact) mass is 197 g/mol. The van der Waals surface area contributed by atoms with Crippen molar-refractivity contribution in [1.29, 1.82) is 0 Å². The van der Waals surface area contributed by atoms with Crippen molar-refractivity contribution in [3.63, 3.8) is 0 Å². The molecular weight excluding hydrogens is 174 g/mol. The minimum atomic E-state index is 0.184. The summed E-state index contributed by atoms with van der Waals surface area (Å²) in [6.45, 7) is 3.19. The van der Waals surface area contributed by atoms with E-state index in [0.29, 0.717) is 6.04 Å². The zero-order chi connectivity index (χ0) is 10.0. The molecule has 2 N–H and O–H groups in total. The Balaban J connectivity index is 1.91. The summed E-state index contributed by atoms with van der Waals surface area (Å²) in [5.74, 6) is 0.947. The van der Waals surface area contributed by atoms with E-state index in [1.54, 1.807) is 0 Å². The van der Waals surface area contributed by atoms with Crippen LogP contribution in [0.3, 0.4) is 0 Å². The lowest BCUT2D eigenvalue weighted by atomic mass is 9.74. The Morgan fingerprint density at radius 2 is 2.00 bits per heavy atom. The molecule has 0 aromatic rings. The number of ether oxygens (including phenoxy) is 1. The number of rotatable bonds is 1. The van der Waals surface area contributed by atoms with Crippen LogP contribution < -0.4 is 5.73 Å². The molecule has 1 aliphatic carbocycles. The molecule has 14 heavy (non-hydrogen) atoms. The zero-order valence-corrected chi connectivity index (χ0v) is 9.30. The fourth-order valence-electron chi connectivity index (χ4n) is 3.03. The van der Waals surface area contributed by atoms with Gasteiger partial charge < -0.3 is 10.5 Å². The van der Waals surface area contributed by atoms with E-state index in [-0.39, 0.29) is 5.60 Å². The van der Waals surface area contributed by atoms with E-state index in [4.69, 9.17) is 10.5 Å². The number of hydrogen-bond acceptors (Lipinski definition) is 2. The van der Waals surface area contributed by atoms with Gasteiger partial charge in [-0.05, 0) is 44.4 Å². The molecule has 1 saturated heterocycles. The highest BCUT2D eigenvalue weighted by Crippen LogP contribution is 2.41. The van der Waals surface area contributed by atoms with E-state index < -0.39 is 0 Å². The summed E-state index contributed by atoms with van der Waals surface area (Å²) in [6.07, 6.45) is 8.69. The fourth-order valence-corrected chi connectivity index (χ4v) is 3.03. The third-order valence-corrected chi connectivity index (χ3v) is 4.12. The molecule has 2 nitrogen and oxygen atoms in total. The summed E-state index contributed by atoms with van der Waals surface area (Å²) >= 11 is 0. The lowest BCUT2D eigenvalue weighted by Crippen LogP contribution is -2.47. The number of hydrogen-bond donors (Lipinski definition) is 1. The van der Waals surface area contributed by atoms with Crippen molar-refractivity contribution in [1.82, 2.24) is 0 Å². The Hall–Kier alpha value is -0.0800. The second-order valence-corrected chi connectivity index (χ2v) is 5.14. The third kappa shape index (κ3) is 2.12. The minimum absolute atomic E-state index is 0.184. The first-order chi connectivity index (χ1) is 6.74. The minimum Gasteiger partial charge on any atom is -0.375 e. The molecule has 1 saturated carbocycles. The molecule has 1 heterocycles. The molecular formula is C12H23NO. The van der Waals surface area contributed by atoms with Gasteiger partial charge in [0, 0.05) is 12.6 Å². The Bertz CT molecular complexity index is 185. The van der Waals surface area contributed by atoms with Gasteiger partial charge in [-0.25, -0.2) is 0 Å². The Labute approximate surface area is 87.2 Å². The van der Waals surface area contributed by atoms with Crippen LogP contribution in [0.1, 0.15) is 51.9 Å². The van der Waals surface area contributed by atoms with Gasteiger partial charge in [-0.15, -0.1) is 0 Å². The molecule has 0 amide bonds. The molecule has 2 aliphatic rings. The highest BCUT2D eigenvalue weighted by Gasteiger charge is 2.39. The van der Waals surface area contributed by atoms with Crippen LogP contribution >= 0.6 is 0 Å². The first-order valence-electron chi connectivity index (χ1n) is 6.14. The highest BCUT2D eigenvalue weighted by atomic mass is 16.5. The van der Waals surface area contributed by atoms with Crippen LogP contribution in [0, 0.1) is 5.92 Å². The van der Waals surface area contributed by atoms with Crippen LogP contribution in [-0.2, 0) is 4.74 Å². The van der Waals surface area contributed by atoms with Crippen LogP contribution in [-0.4, -0.2) is 18.2 Å². The van der Waals surface area contributed by atoms with Gasteiger partial charge in [-0.3, -0.25) is 0 Å². The maximum Gasteiger partial charge on any atom is 0.0697 e. The largest absolute Gasteiger partial charge is 0.375 e. The maximum atomic E-state index is 6.03. The molecule has 1 aliphatic heterocycles. The summed E-state index contributed by atoms with van der Waals surface area (Å²) in [5.41, 5.74) is 6.21. The van der Waals surface area contributed by atoms with Gasteiger partial charge >= 0.3 is 0 Å². The average Bonchev–Trinajstić information content (AvgIpc) is 2.19. The van der Waals surface area contributed by atoms with Crippen molar-refractivity contribution < 1.29 is 4.74 Å². The van der Waals surface area contributed by atoms with E-state index in [1.165, 1.54) is 32.1 Å². The summed E-state index contributed by atoms with van der Waals surface area (Å²) in [4.78, 5) is 0. The Morgan fingerprint density at radius 1 is 1.29 bits per heavy atom. The average molecular weight is 197 g/mol. The summed E-state index contributed by atoms with van der Waals surface area (Å²) in [6, 6.07) is 0.391. The molecule has 2 fully saturated rings. The van der Waals surface area contributed by atoms with Gasteiger partial charge in [0.2, 0.25) is 0 Å². The first kappa shape index (κ1) is 10.4. The normalized spacial score (nSPS) is 44.1. The van der Waals surface area contributed by atoms with Crippen molar-refractivity contribution in [2.45, 2.75) is 63.5 Å². The number of nitrogens with two attached hydrogens (primary N) is 1. The molecule has 1 atom stereocenters. The molecule has 0 aromatic carbocycles. The van der Waals surface area contributed by atoms with Crippen molar-refractivity contribution in [2.75, 3.05) is 6.61 Å². The summed E-state index contributed by atoms with van der Waals surface area (Å²) < 4.78 is 5.99. The molecule has 1 unspecified atom stereocenters. The molecule has 82 valence electrons. The van der Waals surface area contributed by atoms with Gasteiger partial charge in [0.05, 0.1) is 5.60 Å². The topological polar surface area (TPSA) is 35.2 Å². The maximum absolute atomic E-state index is 6.03. The third-order valence-electron chi connectivity index (χ3n) is 4.12. The molecule has 2 rings (SSSR count). The van der Waals surface area contributed by atoms with Crippen LogP contribution in [0.4, 0.5) is 0 Å². The second kappa shape index (κ2) is 4.19. The van der Waals surface area contributed by atoms with Gasteiger partial charge in [-0.1, -0.05) is 13.3 Å². The van der Waals surface area contributed by atoms with E-state index >= 15 is 0 Å². The zero-order valence-electron chi connectivity index (χ0n) is 9.30. The predicted octanol–water partition coefficient (Wildman–Crippen LogP) is 2.46. The molecule has 0 bridgehead atoms. The van der Waals surface area contributed by atoms with Crippen molar-refractivity contribution in [3.8, 4) is 0 Å². The van der Waals surface area contributed by atoms with Gasteiger partial charge in [0.25, 0.3) is 0 Å². The first-order valence-corrected chi connectivity index (χ1v) is 6.14. The lowest BCUT2D eigenvalue weighted by Gasteiger charge is -2.44. The van der Waals surface area contributed by atoms with E-state index in [9.17, 15) is 0 Å². The lowest BCUT2D eigenvalue weighted by molar-refractivity contribution is -0.112. The van der Waals surface area contributed by atoms with Gasteiger partial charge in [0.1, 0.15) is 0 Å². The van der Waals surface area contributed by atoms with E-state index in [2.05, 4.69) is 6.92 Å². The highest BCUT2D eigenvalue weighted by molar-refractivity contribution is 4.92. The fraction of sp³-hybridized carbons (Fsp3) is 1.00. The quantitative estimate of drug-likeness (QED) is 0.701. The summed E-state index contributed by atoms with van der Waals surface area (Å²) in [7, 11) is 0. The van der Waals surface area contributed by atoms with Gasteiger partial charge in [0.15, 0.2) is 0 Å². The SMILES string of the molecule is CCC1CCC2(CC1)CC(N)CCO2. The Kier molecular flexibility index (Phi) is 3.13. The molecule has 0 aromatic heterocycles. The molecule has 1 spiro atoms. The van der Waals surface area contributed by atoms with Crippen LogP contribution in [0.5, 0.6) is 0 Å². The predicted molar refractivity (Wildman–Crippen MR) is 58.1 cm³/mol. The Morgan fingerprint density at radius 3 is 2.57 bits per heavy atom. The van der Waals surface area contributed by atoms with Crippen molar-refractivity contribution in [2.24, 2.45) is 11.7 Å². The molecule has 2 heteroatoms. The van der Waals surface area contributed by atoms with E-state index in [0.717, 1.165) is 25.4 Å². The smallest absolute Gasteiger partial charge is 0.0697 e. The standard InChI is InChI=1S/C12H23NO/c1-2-10-3-6-12(7-4-10)9-11(13)5-8-14-12/h10-11H,2-9,13H2,1H3. The van der Waals surface area contributed by atoms with E-state index in [1.807, 2.05) is 0 Å². The van der Waals surface area contributed by atoms with Crippen LogP contribution in [0.25, 0.3) is 0 Å². The molecule has 0 radical (unpaired) electrons. The van der Waals surface area contributed by atoms with Crippen molar-refractivity contribution in [3.05, 3.63) is 0 Å². The van der Waals surface area contributed by atoms with Crippen LogP contribution in [0.2, 0.25) is 0 Å².